The highest BCUT2D eigenvalue weighted by Crippen LogP contribution is 2.30. The first-order valence-corrected chi connectivity index (χ1v) is 11.0. The zero-order chi connectivity index (χ0) is 21.7. The van der Waals surface area contributed by atoms with E-state index in [9.17, 15) is 9.59 Å². The Morgan fingerprint density at radius 1 is 1.17 bits per heavy atom. The van der Waals surface area contributed by atoms with Gasteiger partial charge >= 0.3 is 0 Å². The number of aryl methyl sites for hydroxylation is 1. The number of hydrogen-bond donors (Lipinski definition) is 1. The number of nitrogens with one attached hydrogen (secondary N) is 1. The normalized spacial score (nSPS) is 15.7. The molecule has 1 aliphatic rings. The molecule has 1 atom stereocenters. The smallest absolute Gasteiger partial charge is 0.231 e. The maximum atomic E-state index is 12.4. The van der Waals surface area contributed by atoms with Crippen molar-refractivity contribution in [3.8, 4) is 5.75 Å². The predicted molar refractivity (Wildman–Crippen MR) is 120 cm³/mol. The number of ketones is 1. The second kappa shape index (κ2) is 9.46. The van der Waals surface area contributed by atoms with Gasteiger partial charge in [0.25, 0.3) is 0 Å². The highest BCUT2D eigenvalue weighted by molar-refractivity contribution is 6.13. The number of carbonyl (C=O) groups excluding carboxylic acids is 2. The van der Waals surface area contributed by atoms with Crippen LogP contribution in [0.5, 0.6) is 5.75 Å². The van der Waals surface area contributed by atoms with Crippen LogP contribution in [-0.2, 0) is 16.6 Å². The summed E-state index contributed by atoms with van der Waals surface area (Å²) in [5.41, 5.74) is 4.32. The Kier molecular flexibility index (Phi) is 6.96. The molecule has 0 heterocycles. The third-order valence-electron chi connectivity index (χ3n) is 6.31. The highest BCUT2D eigenvalue weighted by atomic mass is 16.5. The summed E-state index contributed by atoms with van der Waals surface area (Å²) in [6, 6.07) is 13.9. The van der Waals surface area contributed by atoms with E-state index in [1.165, 1.54) is 5.56 Å². The Bertz CT molecular complexity index is 916. The van der Waals surface area contributed by atoms with E-state index in [0.29, 0.717) is 25.1 Å². The van der Waals surface area contributed by atoms with E-state index in [2.05, 4.69) is 51.2 Å². The fraction of sp³-hybridized carbons (Fsp3) is 0.462. The van der Waals surface area contributed by atoms with Gasteiger partial charge < -0.3 is 10.1 Å². The minimum Gasteiger partial charge on any atom is -0.493 e. The quantitative estimate of drug-likeness (QED) is 0.469. The summed E-state index contributed by atoms with van der Waals surface area (Å²) < 4.78 is 5.94. The number of benzene rings is 2. The molecule has 0 fully saturated rings. The molecule has 1 aliphatic carbocycles. The lowest BCUT2D eigenvalue weighted by atomic mass is 9.81. The van der Waals surface area contributed by atoms with E-state index >= 15 is 0 Å². The lowest BCUT2D eigenvalue weighted by Gasteiger charge is -2.24. The second-order valence-electron chi connectivity index (χ2n) is 8.84. The molecule has 1 N–H and O–H groups in total. The van der Waals surface area contributed by atoms with Crippen molar-refractivity contribution in [2.75, 3.05) is 13.2 Å². The Balaban J connectivity index is 1.38. The van der Waals surface area contributed by atoms with Crippen molar-refractivity contribution >= 4 is 11.7 Å². The van der Waals surface area contributed by atoms with Gasteiger partial charge in [0.1, 0.15) is 11.7 Å². The topological polar surface area (TPSA) is 55.4 Å². The molecule has 3 rings (SSSR count). The molecule has 30 heavy (non-hydrogen) atoms. The van der Waals surface area contributed by atoms with E-state index in [1.54, 1.807) is 6.07 Å². The van der Waals surface area contributed by atoms with Gasteiger partial charge in [0.15, 0.2) is 5.78 Å². The van der Waals surface area contributed by atoms with Crippen LogP contribution in [0.1, 0.15) is 67.1 Å². The average Bonchev–Trinajstić information content (AvgIpc) is 3.08. The van der Waals surface area contributed by atoms with E-state index in [4.69, 9.17) is 4.74 Å². The third-order valence-corrected chi connectivity index (χ3v) is 6.31. The first-order chi connectivity index (χ1) is 14.3. The van der Waals surface area contributed by atoms with Crippen molar-refractivity contribution in [3.05, 3.63) is 64.7 Å². The van der Waals surface area contributed by atoms with Gasteiger partial charge in [-0.2, -0.15) is 0 Å². The third kappa shape index (κ3) is 4.92. The minimum absolute atomic E-state index is 0.0587. The molecule has 0 aliphatic heterocycles. The van der Waals surface area contributed by atoms with Crippen LogP contribution < -0.4 is 10.1 Å². The van der Waals surface area contributed by atoms with Crippen LogP contribution in [-0.4, -0.2) is 24.8 Å². The SMILES string of the molecule is CCC(C)(C)c1ccc(OCCCCNC(=O)C2Cc3ccccc3C2=O)c(C)c1. The number of rotatable bonds is 9. The molecule has 1 amide bonds. The van der Waals surface area contributed by atoms with Crippen LogP contribution in [0, 0.1) is 12.8 Å². The molecule has 160 valence electrons. The molecule has 2 aromatic carbocycles. The molecular weight excluding hydrogens is 374 g/mol. The first kappa shape index (κ1) is 22.1. The molecule has 0 aromatic heterocycles. The molecule has 2 aromatic rings. The summed E-state index contributed by atoms with van der Waals surface area (Å²) in [6.07, 6.45) is 3.27. The van der Waals surface area contributed by atoms with Gasteiger partial charge in [0.2, 0.25) is 5.91 Å². The largest absolute Gasteiger partial charge is 0.493 e. The number of ether oxygens (including phenoxy) is 1. The van der Waals surface area contributed by atoms with Gasteiger partial charge in [0, 0.05) is 12.1 Å². The maximum absolute atomic E-state index is 12.4. The molecule has 1 unspecified atom stereocenters. The Hall–Kier alpha value is -2.62. The molecular formula is C26H33NO3. The van der Waals surface area contributed by atoms with Crippen LogP contribution >= 0.6 is 0 Å². The standard InChI is InChI=1S/C26H33NO3/c1-5-26(3,4)20-12-13-23(18(2)16-20)30-15-9-8-14-27-25(29)22-17-19-10-6-7-11-21(19)24(22)28/h6-7,10-13,16,22H,5,8-9,14-15,17H2,1-4H3,(H,27,29). The van der Waals surface area contributed by atoms with E-state index in [1.807, 2.05) is 18.2 Å². The number of amides is 1. The van der Waals surface area contributed by atoms with Crippen molar-refractivity contribution in [2.45, 2.75) is 58.8 Å². The zero-order valence-corrected chi connectivity index (χ0v) is 18.6. The molecule has 0 spiro atoms. The van der Waals surface area contributed by atoms with Crippen LogP contribution in [0.2, 0.25) is 0 Å². The van der Waals surface area contributed by atoms with Gasteiger partial charge in [-0.3, -0.25) is 9.59 Å². The van der Waals surface area contributed by atoms with Gasteiger partial charge in [-0.15, -0.1) is 0 Å². The van der Waals surface area contributed by atoms with Crippen LogP contribution in [0.25, 0.3) is 0 Å². The lowest BCUT2D eigenvalue weighted by Crippen LogP contribution is -2.34. The predicted octanol–water partition coefficient (Wildman–Crippen LogP) is 5.01. The summed E-state index contributed by atoms with van der Waals surface area (Å²) in [7, 11) is 0. The summed E-state index contributed by atoms with van der Waals surface area (Å²) in [4.78, 5) is 24.8. The first-order valence-electron chi connectivity index (χ1n) is 11.0. The molecule has 4 heteroatoms. The monoisotopic (exact) mass is 407 g/mol. The Morgan fingerprint density at radius 2 is 1.93 bits per heavy atom. The maximum Gasteiger partial charge on any atom is 0.231 e. The van der Waals surface area contributed by atoms with Crippen LogP contribution in [0.3, 0.4) is 0 Å². The van der Waals surface area contributed by atoms with Gasteiger partial charge in [-0.05, 0) is 60.8 Å². The van der Waals surface area contributed by atoms with Gasteiger partial charge in [-0.1, -0.05) is 57.2 Å². The van der Waals surface area contributed by atoms with Crippen molar-refractivity contribution in [1.82, 2.24) is 5.32 Å². The fourth-order valence-electron chi connectivity index (χ4n) is 3.83. The summed E-state index contributed by atoms with van der Waals surface area (Å²) in [5, 5.41) is 2.92. The van der Waals surface area contributed by atoms with Crippen molar-refractivity contribution < 1.29 is 14.3 Å². The number of hydrogen-bond acceptors (Lipinski definition) is 3. The summed E-state index contributed by atoms with van der Waals surface area (Å²) in [5.74, 6) is 0.120. The molecule has 0 bridgehead atoms. The Morgan fingerprint density at radius 3 is 2.63 bits per heavy atom. The van der Waals surface area contributed by atoms with E-state index in [-0.39, 0.29) is 17.1 Å². The fourth-order valence-corrected chi connectivity index (χ4v) is 3.83. The van der Waals surface area contributed by atoms with E-state index < -0.39 is 5.92 Å². The number of carbonyl (C=O) groups is 2. The number of fused-ring (bicyclic) bond motifs is 1. The van der Waals surface area contributed by atoms with Crippen molar-refractivity contribution in [1.29, 1.82) is 0 Å². The number of Topliss-reactive ketones (excluding diaryl/α,β-unsaturated/α-hetero) is 1. The zero-order valence-electron chi connectivity index (χ0n) is 18.6. The highest BCUT2D eigenvalue weighted by Gasteiger charge is 2.35. The van der Waals surface area contributed by atoms with Crippen LogP contribution in [0.4, 0.5) is 0 Å². The van der Waals surface area contributed by atoms with E-state index in [0.717, 1.165) is 36.1 Å². The second-order valence-corrected chi connectivity index (χ2v) is 8.84. The summed E-state index contributed by atoms with van der Waals surface area (Å²) in [6.45, 7) is 9.98. The van der Waals surface area contributed by atoms with Crippen molar-refractivity contribution in [2.24, 2.45) is 5.92 Å². The summed E-state index contributed by atoms with van der Waals surface area (Å²) >= 11 is 0. The minimum atomic E-state index is -0.577. The number of unbranched alkanes of at least 4 members (excludes halogenated alkanes) is 1. The average molecular weight is 408 g/mol. The molecule has 0 saturated heterocycles. The molecule has 4 nitrogen and oxygen atoms in total. The van der Waals surface area contributed by atoms with Crippen LogP contribution in [0.15, 0.2) is 42.5 Å². The molecule has 0 radical (unpaired) electrons. The van der Waals surface area contributed by atoms with Gasteiger partial charge in [-0.25, -0.2) is 0 Å². The lowest BCUT2D eigenvalue weighted by molar-refractivity contribution is -0.123. The Labute approximate surface area is 180 Å². The molecule has 0 saturated carbocycles. The van der Waals surface area contributed by atoms with Gasteiger partial charge in [0.05, 0.1) is 6.61 Å². The van der Waals surface area contributed by atoms with Crippen molar-refractivity contribution in [3.63, 3.8) is 0 Å².